The van der Waals surface area contributed by atoms with Gasteiger partial charge in [-0.05, 0) is 55.5 Å². The molecule has 8 heteroatoms. The third-order valence-corrected chi connectivity index (χ3v) is 3.69. The third kappa shape index (κ3) is 4.87. The van der Waals surface area contributed by atoms with E-state index in [0.717, 1.165) is 23.6 Å². The molecule has 140 valence electrons. The Morgan fingerprint density at radius 2 is 1.30 bits per heavy atom. The smallest absolute Gasteiger partial charge is 0.416 e. The van der Waals surface area contributed by atoms with Gasteiger partial charge in [-0.25, -0.2) is 9.97 Å². The third-order valence-electron chi connectivity index (χ3n) is 3.69. The summed E-state index contributed by atoms with van der Waals surface area (Å²) in [6, 6.07) is 13.8. The highest BCUT2D eigenvalue weighted by molar-refractivity contribution is 5.63. The number of hydrogen-bond donors (Lipinski definition) is 2. The number of nitrogens with one attached hydrogen (secondary N) is 2. The lowest BCUT2D eigenvalue weighted by atomic mass is 10.2. The fourth-order valence-corrected chi connectivity index (χ4v) is 2.41. The maximum atomic E-state index is 12.6. The second-order valence-corrected chi connectivity index (χ2v) is 5.74. The van der Waals surface area contributed by atoms with Gasteiger partial charge in [0.05, 0.1) is 12.7 Å². The van der Waals surface area contributed by atoms with Gasteiger partial charge in [-0.1, -0.05) is 0 Å². The highest BCUT2D eigenvalue weighted by Gasteiger charge is 2.29. The van der Waals surface area contributed by atoms with Gasteiger partial charge in [0, 0.05) is 17.4 Å². The van der Waals surface area contributed by atoms with Crippen LogP contribution in [0.3, 0.4) is 0 Å². The molecule has 0 aliphatic carbocycles. The van der Waals surface area contributed by atoms with Crippen molar-refractivity contribution in [2.45, 2.75) is 13.1 Å². The Bertz CT molecular complexity index is 910. The van der Waals surface area contributed by atoms with E-state index >= 15 is 0 Å². The number of aromatic nitrogens is 2. The predicted octanol–water partition coefficient (Wildman–Crippen LogP) is 5.30. The van der Waals surface area contributed by atoms with Crippen molar-refractivity contribution in [1.82, 2.24) is 9.97 Å². The average molecular weight is 374 g/mol. The normalized spacial score (nSPS) is 11.1. The molecule has 3 aromatic rings. The van der Waals surface area contributed by atoms with Gasteiger partial charge in [-0.15, -0.1) is 0 Å². The van der Waals surface area contributed by atoms with E-state index in [-0.39, 0.29) is 0 Å². The first kappa shape index (κ1) is 18.5. The molecular weight excluding hydrogens is 357 g/mol. The van der Waals surface area contributed by atoms with Crippen molar-refractivity contribution >= 4 is 23.0 Å². The number of halogens is 3. The fraction of sp³-hybridized carbons (Fsp3) is 0.158. The minimum Gasteiger partial charge on any atom is -0.497 e. The summed E-state index contributed by atoms with van der Waals surface area (Å²) in [5, 5.41) is 6.15. The zero-order valence-electron chi connectivity index (χ0n) is 14.6. The maximum absolute atomic E-state index is 12.6. The maximum Gasteiger partial charge on any atom is 0.416 e. The van der Waals surface area contributed by atoms with Gasteiger partial charge in [-0.2, -0.15) is 13.2 Å². The second-order valence-electron chi connectivity index (χ2n) is 5.74. The summed E-state index contributed by atoms with van der Waals surface area (Å²) in [5.74, 6) is 2.28. The van der Waals surface area contributed by atoms with Crippen LogP contribution in [0.2, 0.25) is 0 Å². The number of benzene rings is 2. The zero-order valence-corrected chi connectivity index (χ0v) is 14.6. The van der Waals surface area contributed by atoms with Crippen LogP contribution >= 0.6 is 0 Å². The molecule has 0 amide bonds. The Balaban J connectivity index is 1.76. The van der Waals surface area contributed by atoms with Crippen molar-refractivity contribution in [2.24, 2.45) is 0 Å². The van der Waals surface area contributed by atoms with E-state index in [2.05, 4.69) is 20.6 Å². The highest BCUT2D eigenvalue weighted by atomic mass is 19.4. The molecule has 0 spiro atoms. The van der Waals surface area contributed by atoms with Crippen molar-refractivity contribution < 1.29 is 17.9 Å². The summed E-state index contributed by atoms with van der Waals surface area (Å²) in [7, 11) is 1.59. The molecule has 0 bridgehead atoms. The molecule has 0 aliphatic heterocycles. The fourth-order valence-electron chi connectivity index (χ4n) is 2.41. The van der Waals surface area contributed by atoms with Crippen LogP contribution in [0.4, 0.5) is 36.2 Å². The molecular formula is C19H17F3N4O. The molecule has 0 aliphatic rings. The summed E-state index contributed by atoms with van der Waals surface area (Å²) in [6.45, 7) is 1.73. The van der Waals surface area contributed by atoms with Crippen molar-refractivity contribution in [1.29, 1.82) is 0 Å². The number of anilines is 4. The molecule has 0 atom stereocenters. The van der Waals surface area contributed by atoms with Gasteiger partial charge >= 0.3 is 6.18 Å². The first-order valence-corrected chi connectivity index (χ1v) is 8.04. The first-order chi connectivity index (χ1) is 12.8. The van der Waals surface area contributed by atoms with E-state index in [0.29, 0.717) is 23.1 Å². The quantitative estimate of drug-likeness (QED) is 0.635. The molecule has 2 N–H and O–H groups in total. The van der Waals surface area contributed by atoms with E-state index in [9.17, 15) is 13.2 Å². The molecule has 0 unspecified atom stereocenters. The van der Waals surface area contributed by atoms with Gasteiger partial charge in [0.2, 0.25) is 0 Å². The van der Waals surface area contributed by atoms with E-state index in [4.69, 9.17) is 4.74 Å². The van der Waals surface area contributed by atoms with Crippen molar-refractivity contribution in [2.75, 3.05) is 17.7 Å². The SMILES string of the molecule is COc1ccc(Nc2cc(Nc3ccc(C(F)(F)F)cc3)nc(C)n2)cc1. The molecule has 2 aromatic carbocycles. The topological polar surface area (TPSA) is 59.1 Å². The van der Waals surface area contributed by atoms with Crippen LogP contribution in [0.1, 0.15) is 11.4 Å². The Morgan fingerprint density at radius 3 is 1.74 bits per heavy atom. The molecule has 1 heterocycles. The van der Waals surface area contributed by atoms with E-state index in [1.165, 1.54) is 12.1 Å². The Kier molecular flexibility index (Phi) is 5.16. The summed E-state index contributed by atoms with van der Waals surface area (Å²) in [6.07, 6.45) is -4.36. The number of aryl methyl sites for hydroxylation is 1. The first-order valence-electron chi connectivity index (χ1n) is 8.04. The summed E-state index contributed by atoms with van der Waals surface area (Å²) < 4.78 is 43.1. The van der Waals surface area contributed by atoms with Gasteiger partial charge in [-0.3, -0.25) is 0 Å². The lowest BCUT2D eigenvalue weighted by Gasteiger charge is -2.12. The van der Waals surface area contributed by atoms with Crippen LogP contribution < -0.4 is 15.4 Å². The molecule has 0 saturated heterocycles. The average Bonchev–Trinajstić information content (AvgIpc) is 2.61. The van der Waals surface area contributed by atoms with Gasteiger partial charge < -0.3 is 15.4 Å². The summed E-state index contributed by atoms with van der Waals surface area (Å²) in [5.41, 5.74) is 0.611. The summed E-state index contributed by atoms with van der Waals surface area (Å²) >= 11 is 0. The molecule has 0 radical (unpaired) electrons. The van der Waals surface area contributed by atoms with Crippen LogP contribution in [0, 0.1) is 6.92 Å². The van der Waals surface area contributed by atoms with Crippen molar-refractivity contribution in [3.05, 3.63) is 66.0 Å². The number of ether oxygens (including phenoxy) is 1. The Labute approximate surface area is 154 Å². The zero-order chi connectivity index (χ0) is 19.4. The molecule has 0 fully saturated rings. The van der Waals surface area contributed by atoms with Crippen LogP contribution in [-0.4, -0.2) is 17.1 Å². The number of rotatable bonds is 5. The molecule has 0 saturated carbocycles. The van der Waals surface area contributed by atoms with Gasteiger partial charge in [0.15, 0.2) is 0 Å². The number of methoxy groups -OCH3 is 1. The lowest BCUT2D eigenvalue weighted by molar-refractivity contribution is -0.137. The van der Waals surface area contributed by atoms with Crippen molar-refractivity contribution in [3.63, 3.8) is 0 Å². The highest BCUT2D eigenvalue weighted by Crippen LogP contribution is 2.30. The minimum atomic E-state index is -4.36. The largest absolute Gasteiger partial charge is 0.497 e. The Hall–Kier alpha value is -3.29. The molecule has 27 heavy (non-hydrogen) atoms. The number of hydrogen-bond acceptors (Lipinski definition) is 5. The van der Waals surface area contributed by atoms with E-state index in [1.54, 1.807) is 20.1 Å². The second kappa shape index (κ2) is 7.53. The van der Waals surface area contributed by atoms with Crippen LogP contribution in [0.15, 0.2) is 54.6 Å². The number of alkyl halides is 3. The summed E-state index contributed by atoms with van der Waals surface area (Å²) in [4.78, 5) is 8.58. The van der Waals surface area contributed by atoms with Gasteiger partial charge in [0.25, 0.3) is 0 Å². The lowest BCUT2D eigenvalue weighted by Crippen LogP contribution is -2.05. The van der Waals surface area contributed by atoms with Crippen LogP contribution in [0.25, 0.3) is 0 Å². The monoisotopic (exact) mass is 374 g/mol. The number of nitrogens with zero attached hydrogens (tertiary/aromatic N) is 2. The van der Waals surface area contributed by atoms with Gasteiger partial charge in [0.1, 0.15) is 23.2 Å². The van der Waals surface area contributed by atoms with E-state index < -0.39 is 11.7 Å². The molecule has 5 nitrogen and oxygen atoms in total. The van der Waals surface area contributed by atoms with E-state index in [1.807, 2.05) is 24.3 Å². The van der Waals surface area contributed by atoms with Crippen molar-refractivity contribution in [3.8, 4) is 5.75 Å². The van der Waals surface area contributed by atoms with Crippen LogP contribution in [-0.2, 0) is 6.18 Å². The standard InChI is InChI=1S/C19H17F3N4O/c1-12-23-17(25-14-5-3-13(4-6-14)19(20,21)22)11-18(24-12)26-15-7-9-16(27-2)10-8-15/h3-11H,1-2H3,(H2,23,24,25,26). The molecule has 1 aromatic heterocycles. The minimum absolute atomic E-state index is 0.471. The molecule has 3 rings (SSSR count). The van der Waals surface area contributed by atoms with Crippen LogP contribution in [0.5, 0.6) is 5.75 Å². The predicted molar refractivity (Wildman–Crippen MR) is 97.8 cm³/mol. The Morgan fingerprint density at radius 1 is 0.815 bits per heavy atom.